The number of carbonyl (C=O) groups is 3. The first-order chi connectivity index (χ1) is 14.1. The van der Waals surface area contributed by atoms with Gasteiger partial charge in [0.15, 0.2) is 6.61 Å². The highest BCUT2D eigenvalue weighted by Crippen LogP contribution is 2.10. The van der Waals surface area contributed by atoms with E-state index >= 15 is 0 Å². The highest BCUT2D eigenvalue weighted by Gasteiger charge is 2.25. The van der Waals surface area contributed by atoms with Crippen LogP contribution in [0.5, 0.6) is 0 Å². The zero-order chi connectivity index (χ0) is 20.5. The highest BCUT2D eigenvalue weighted by atomic mass is 16.5. The summed E-state index contributed by atoms with van der Waals surface area (Å²) in [5.41, 5.74) is 1.35. The molecule has 1 atom stereocenters. The molecule has 2 amide bonds. The summed E-state index contributed by atoms with van der Waals surface area (Å²) in [4.78, 5) is 39.3. The summed E-state index contributed by atoms with van der Waals surface area (Å²) < 4.78 is 5.28. The minimum atomic E-state index is -0.876. The molecule has 0 aliphatic carbocycles. The van der Waals surface area contributed by atoms with E-state index in [1.807, 2.05) is 36.4 Å². The Morgan fingerprint density at radius 2 is 1.52 bits per heavy atom. The van der Waals surface area contributed by atoms with E-state index < -0.39 is 12.0 Å². The largest absolute Gasteiger partial charge is 0.454 e. The van der Waals surface area contributed by atoms with E-state index in [0.717, 1.165) is 24.8 Å². The maximum atomic E-state index is 12.7. The van der Waals surface area contributed by atoms with Crippen LogP contribution >= 0.6 is 0 Å². The molecule has 0 radical (unpaired) electrons. The standard InChI is InChI=1S/C23H26N2O4/c26-21(25-14-8-3-9-15-25)17-29-23(28)20(16-18-10-4-1-5-11-18)24-22(27)19-12-6-2-7-13-19/h1-2,4-7,10-13,20H,3,8-9,14-17H2,(H,24,27)/t20-/m0/s1. The highest BCUT2D eigenvalue weighted by molar-refractivity contribution is 5.97. The number of rotatable bonds is 7. The Labute approximate surface area is 170 Å². The number of nitrogens with one attached hydrogen (secondary N) is 1. The Morgan fingerprint density at radius 1 is 0.897 bits per heavy atom. The van der Waals surface area contributed by atoms with E-state index in [1.54, 1.807) is 29.2 Å². The van der Waals surface area contributed by atoms with Crippen LogP contribution in [-0.2, 0) is 20.7 Å². The van der Waals surface area contributed by atoms with Gasteiger partial charge in [0.2, 0.25) is 0 Å². The molecule has 1 N–H and O–H groups in total. The molecular formula is C23H26N2O4. The van der Waals surface area contributed by atoms with E-state index in [4.69, 9.17) is 4.74 Å². The van der Waals surface area contributed by atoms with E-state index in [2.05, 4.69) is 5.32 Å². The third-order valence-electron chi connectivity index (χ3n) is 4.96. The maximum absolute atomic E-state index is 12.7. The zero-order valence-corrected chi connectivity index (χ0v) is 16.4. The van der Waals surface area contributed by atoms with Gasteiger partial charge in [0.05, 0.1) is 0 Å². The molecule has 1 aliphatic heterocycles. The van der Waals surface area contributed by atoms with Crippen LogP contribution in [0.3, 0.4) is 0 Å². The van der Waals surface area contributed by atoms with Crippen molar-refractivity contribution in [3.8, 4) is 0 Å². The molecule has 1 heterocycles. The molecule has 6 heteroatoms. The molecule has 1 saturated heterocycles. The normalized spacial score (nSPS) is 14.7. The van der Waals surface area contributed by atoms with Crippen molar-refractivity contribution in [2.75, 3.05) is 19.7 Å². The molecule has 2 aromatic rings. The van der Waals surface area contributed by atoms with E-state index in [1.165, 1.54) is 0 Å². The van der Waals surface area contributed by atoms with E-state index in [9.17, 15) is 14.4 Å². The van der Waals surface area contributed by atoms with Crippen molar-refractivity contribution in [1.82, 2.24) is 10.2 Å². The summed E-state index contributed by atoms with van der Waals surface area (Å²) in [6.07, 6.45) is 3.36. The van der Waals surface area contributed by atoms with Crippen molar-refractivity contribution in [2.45, 2.75) is 31.7 Å². The average Bonchev–Trinajstić information content (AvgIpc) is 2.78. The van der Waals surface area contributed by atoms with Gasteiger partial charge in [-0.05, 0) is 37.0 Å². The second-order valence-electron chi connectivity index (χ2n) is 7.13. The number of esters is 1. The molecule has 2 aromatic carbocycles. The summed E-state index contributed by atoms with van der Waals surface area (Å²) in [5, 5.41) is 2.75. The second-order valence-corrected chi connectivity index (χ2v) is 7.13. The Morgan fingerprint density at radius 3 is 2.17 bits per heavy atom. The number of hydrogen-bond donors (Lipinski definition) is 1. The van der Waals surface area contributed by atoms with Crippen LogP contribution in [0, 0.1) is 0 Å². The predicted octanol–water partition coefficient (Wildman–Crippen LogP) is 2.58. The molecule has 29 heavy (non-hydrogen) atoms. The van der Waals surface area contributed by atoms with Gasteiger partial charge >= 0.3 is 5.97 Å². The third-order valence-corrected chi connectivity index (χ3v) is 4.96. The predicted molar refractivity (Wildman–Crippen MR) is 109 cm³/mol. The Hall–Kier alpha value is -3.15. The molecule has 0 unspecified atom stereocenters. The fourth-order valence-corrected chi connectivity index (χ4v) is 3.34. The van der Waals surface area contributed by atoms with Crippen molar-refractivity contribution in [3.05, 3.63) is 71.8 Å². The summed E-state index contributed by atoms with van der Waals surface area (Å²) >= 11 is 0. The Kier molecular flexibility index (Phi) is 7.39. The fourth-order valence-electron chi connectivity index (χ4n) is 3.34. The number of likely N-dealkylation sites (tertiary alicyclic amines) is 1. The van der Waals surface area contributed by atoms with Crippen LogP contribution in [0.15, 0.2) is 60.7 Å². The summed E-state index contributed by atoms with van der Waals surface area (Å²) in [5.74, 6) is -1.15. The van der Waals surface area contributed by atoms with Gasteiger partial charge in [-0.2, -0.15) is 0 Å². The average molecular weight is 394 g/mol. The van der Waals surface area contributed by atoms with Crippen molar-refractivity contribution in [2.24, 2.45) is 0 Å². The molecule has 0 bridgehead atoms. The van der Waals surface area contributed by atoms with Gasteiger partial charge in [-0.25, -0.2) is 4.79 Å². The first-order valence-corrected chi connectivity index (χ1v) is 9.98. The topological polar surface area (TPSA) is 75.7 Å². The van der Waals surface area contributed by atoms with Gasteiger partial charge in [0, 0.05) is 25.1 Å². The fraction of sp³-hybridized carbons (Fsp3) is 0.348. The number of amides is 2. The molecule has 6 nitrogen and oxygen atoms in total. The lowest BCUT2D eigenvalue weighted by molar-refractivity contribution is -0.153. The zero-order valence-electron chi connectivity index (χ0n) is 16.4. The first kappa shape index (κ1) is 20.6. The number of carbonyl (C=O) groups excluding carboxylic acids is 3. The SMILES string of the molecule is O=C(N[C@@H](Cc1ccccc1)C(=O)OCC(=O)N1CCCCC1)c1ccccc1. The van der Waals surface area contributed by atoms with E-state index in [0.29, 0.717) is 18.7 Å². The molecular weight excluding hydrogens is 368 g/mol. The number of ether oxygens (including phenoxy) is 1. The third kappa shape index (κ3) is 6.17. The number of hydrogen-bond acceptors (Lipinski definition) is 4. The molecule has 0 aromatic heterocycles. The van der Waals surface area contributed by atoms with Gasteiger partial charge in [0.25, 0.3) is 11.8 Å². The van der Waals surface area contributed by atoms with Crippen LogP contribution in [0.2, 0.25) is 0 Å². The molecule has 1 aliphatic rings. The monoisotopic (exact) mass is 394 g/mol. The maximum Gasteiger partial charge on any atom is 0.329 e. The Bertz CT molecular complexity index is 817. The number of piperidine rings is 1. The molecule has 0 spiro atoms. The summed E-state index contributed by atoms with van der Waals surface area (Å²) in [7, 11) is 0. The van der Waals surface area contributed by atoms with Gasteiger partial charge in [-0.15, -0.1) is 0 Å². The van der Waals surface area contributed by atoms with Crippen molar-refractivity contribution in [1.29, 1.82) is 0 Å². The second kappa shape index (κ2) is 10.4. The molecule has 3 rings (SSSR count). The van der Waals surface area contributed by atoms with Gasteiger partial charge < -0.3 is 15.0 Å². The van der Waals surface area contributed by atoms with Crippen molar-refractivity contribution >= 4 is 17.8 Å². The van der Waals surface area contributed by atoms with Gasteiger partial charge in [-0.1, -0.05) is 48.5 Å². The summed E-state index contributed by atoms with van der Waals surface area (Å²) in [6, 6.07) is 17.2. The minimum absolute atomic E-state index is 0.189. The number of nitrogens with zero attached hydrogens (tertiary/aromatic N) is 1. The smallest absolute Gasteiger partial charge is 0.329 e. The molecule has 0 saturated carbocycles. The van der Waals surface area contributed by atoms with Gasteiger partial charge in [-0.3, -0.25) is 9.59 Å². The first-order valence-electron chi connectivity index (χ1n) is 9.98. The van der Waals surface area contributed by atoms with Crippen molar-refractivity contribution in [3.63, 3.8) is 0 Å². The quantitative estimate of drug-likeness (QED) is 0.733. The lowest BCUT2D eigenvalue weighted by Gasteiger charge is -2.26. The van der Waals surface area contributed by atoms with Crippen LogP contribution in [0.1, 0.15) is 35.2 Å². The van der Waals surface area contributed by atoms with Crippen LogP contribution in [0.25, 0.3) is 0 Å². The van der Waals surface area contributed by atoms with Crippen LogP contribution < -0.4 is 5.32 Å². The molecule has 1 fully saturated rings. The van der Waals surface area contributed by atoms with Crippen LogP contribution in [-0.4, -0.2) is 48.4 Å². The lowest BCUT2D eigenvalue weighted by Crippen LogP contribution is -2.45. The molecule has 152 valence electrons. The Balaban J connectivity index is 1.63. The number of benzene rings is 2. The van der Waals surface area contributed by atoms with Crippen LogP contribution in [0.4, 0.5) is 0 Å². The van der Waals surface area contributed by atoms with Gasteiger partial charge in [0.1, 0.15) is 6.04 Å². The van der Waals surface area contributed by atoms with Crippen molar-refractivity contribution < 1.29 is 19.1 Å². The lowest BCUT2D eigenvalue weighted by atomic mass is 10.1. The summed E-state index contributed by atoms with van der Waals surface area (Å²) in [6.45, 7) is 1.11. The minimum Gasteiger partial charge on any atom is -0.454 e. The van der Waals surface area contributed by atoms with E-state index in [-0.39, 0.29) is 24.8 Å².